The third-order valence-corrected chi connectivity index (χ3v) is 5.19. The molecule has 26 heavy (non-hydrogen) atoms. The molecule has 0 spiro atoms. The van der Waals surface area contributed by atoms with E-state index in [2.05, 4.69) is 34.5 Å². The molecule has 0 saturated heterocycles. The predicted molar refractivity (Wildman–Crippen MR) is 93.2 cm³/mol. The van der Waals surface area contributed by atoms with Crippen LogP contribution in [0.5, 0.6) is 0 Å². The first kappa shape index (κ1) is 15.0. The summed E-state index contributed by atoms with van der Waals surface area (Å²) < 4.78 is 2.12. The highest BCUT2D eigenvalue weighted by molar-refractivity contribution is 5.74. The highest BCUT2D eigenvalue weighted by Crippen LogP contribution is 2.39. The standard InChI is InChI=1S/C18H16N8/c19-7-14-9-21-13(8-22-14)6-11-1-2-12(5-11)18-25-24-16-10-23-17-15(26(16)18)3-4-20-17/h3-4,8-12,20H,1-2,5-6H2/t11-,12+/m0/s1. The number of aromatic amines is 1. The van der Waals surface area contributed by atoms with Crippen molar-refractivity contribution in [1.29, 1.82) is 5.26 Å². The number of aromatic nitrogens is 7. The van der Waals surface area contributed by atoms with Crippen LogP contribution in [-0.2, 0) is 6.42 Å². The van der Waals surface area contributed by atoms with Gasteiger partial charge in [-0.25, -0.2) is 9.97 Å². The van der Waals surface area contributed by atoms with Crippen LogP contribution in [0.3, 0.4) is 0 Å². The summed E-state index contributed by atoms with van der Waals surface area (Å²) in [5, 5.41) is 17.6. The van der Waals surface area contributed by atoms with Crippen LogP contribution < -0.4 is 0 Å². The maximum atomic E-state index is 8.82. The zero-order valence-electron chi connectivity index (χ0n) is 14.0. The second-order valence-electron chi connectivity index (χ2n) is 6.81. The largest absolute Gasteiger partial charge is 0.345 e. The molecule has 4 aromatic rings. The van der Waals surface area contributed by atoms with E-state index in [1.807, 2.05) is 18.3 Å². The summed E-state index contributed by atoms with van der Waals surface area (Å²) in [6.45, 7) is 0. The molecule has 1 N–H and O–H groups in total. The Bertz CT molecular complexity index is 1120. The van der Waals surface area contributed by atoms with E-state index in [-0.39, 0.29) is 0 Å². The lowest BCUT2D eigenvalue weighted by molar-refractivity contribution is 0.522. The molecule has 0 aliphatic heterocycles. The summed E-state index contributed by atoms with van der Waals surface area (Å²) in [6, 6.07) is 4.02. The van der Waals surface area contributed by atoms with Crippen molar-refractivity contribution in [3.05, 3.63) is 48.1 Å². The van der Waals surface area contributed by atoms with Gasteiger partial charge in [-0.3, -0.25) is 9.38 Å². The zero-order valence-corrected chi connectivity index (χ0v) is 14.0. The average molecular weight is 344 g/mol. The maximum absolute atomic E-state index is 8.82. The maximum Gasteiger partial charge on any atom is 0.179 e. The van der Waals surface area contributed by atoms with Crippen molar-refractivity contribution in [2.75, 3.05) is 0 Å². The fourth-order valence-electron chi connectivity index (χ4n) is 3.97. The number of fused-ring (bicyclic) bond motifs is 3. The van der Waals surface area contributed by atoms with E-state index in [4.69, 9.17) is 5.26 Å². The lowest BCUT2D eigenvalue weighted by Crippen LogP contribution is -2.05. The van der Waals surface area contributed by atoms with E-state index >= 15 is 0 Å². The van der Waals surface area contributed by atoms with Crippen molar-refractivity contribution in [3.63, 3.8) is 0 Å². The van der Waals surface area contributed by atoms with Crippen molar-refractivity contribution in [1.82, 2.24) is 34.5 Å². The van der Waals surface area contributed by atoms with Gasteiger partial charge in [0.1, 0.15) is 11.9 Å². The molecule has 0 radical (unpaired) electrons. The van der Waals surface area contributed by atoms with Gasteiger partial charge in [0, 0.05) is 18.3 Å². The van der Waals surface area contributed by atoms with Gasteiger partial charge in [-0.15, -0.1) is 10.2 Å². The Balaban J connectivity index is 1.39. The molecule has 8 nitrogen and oxygen atoms in total. The lowest BCUT2D eigenvalue weighted by atomic mass is 9.99. The molecule has 0 amide bonds. The monoisotopic (exact) mass is 344 g/mol. The number of nitrogens with zero attached hydrogens (tertiary/aromatic N) is 7. The van der Waals surface area contributed by atoms with Gasteiger partial charge in [-0.1, -0.05) is 0 Å². The van der Waals surface area contributed by atoms with E-state index in [0.717, 1.165) is 54.0 Å². The van der Waals surface area contributed by atoms with Crippen molar-refractivity contribution in [2.45, 2.75) is 31.6 Å². The Labute approximate surface area is 149 Å². The Morgan fingerprint density at radius 1 is 1.15 bits per heavy atom. The Kier molecular flexibility index (Phi) is 3.38. The quantitative estimate of drug-likeness (QED) is 0.611. The number of hydrogen-bond acceptors (Lipinski definition) is 6. The number of nitriles is 1. The molecule has 0 unspecified atom stereocenters. The topological polar surface area (TPSA) is 108 Å². The second-order valence-corrected chi connectivity index (χ2v) is 6.81. The molecular weight excluding hydrogens is 328 g/mol. The van der Waals surface area contributed by atoms with Crippen LogP contribution in [0.4, 0.5) is 0 Å². The van der Waals surface area contributed by atoms with Crippen molar-refractivity contribution < 1.29 is 0 Å². The first-order valence-corrected chi connectivity index (χ1v) is 8.70. The SMILES string of the molecule is N#Cc1cnc(C[C@H]2CC[C@@H](c3nnc4cnc5[nH]ccc5n34)C2)cn1. The molecule has 0 bridgehead atoms. The minimum atomic E-state index is 0.358. The van der Waals surface area contributed by atoms with Gasteiger partial charge in [0.15, 0.2) is 17.0 Å². The minimum Gasteiger partial charge on any atom is -0.345 e. The van der Waals surface area contributed by atoms with Crippen molar-refractivity contribution in [2.24, 2.45) is 5.92 Å². The first-order valence-electron chi connectivity index (χ1n) is 8.70. The van der Waals surface area contributed by atoms with Gasteiger partial charge in [0.2, 0.25) is 0 Å². The van der Waals surface area contributed by atoms with Crippen molar-refractivity contribution in [3.8, 4) is 6.07 Å². The van der Waals surface area contributed by atoms with Crippen molar-refractivity contribution >= 4 is 16.8 Å². The molecule has 4 heterocycles. The van der Waals surface area contributed by atoms with E-state index < -0.39 is 0 Å². The van der Waals surface area contributed by atoms with Gasteiger partial charge in [-0.2, -0.15) is 5.26 Å². The summed E-state index contributed by atoms with van der Waals surface area (Å²) in [5.41, 5.74) is 3.95. The molecule has 1 aliphatic rings. The smallest absolute Gasteiger partial charge is 0.179 e. The summed E-state index contributed by atoms with van der Waals surface area (Å²) in [4.78, 5) is 16.0. The van der Waals surface area contributed by atoms with Crippen LogP contribution in [0.25, 0.3) is 16.8 Å². The molecule has 1 aliphatic carbocycles. The summed E-state index contributed by atoms with van der Waals surface area (Å²) in [7, 11) is 0. The Hall–Kier alpha value is -3.34. The summed E-state index contributed by atoms with van der Waals surface area (Å²) in [5.74, 6) is 1.93. The third kappa shape index (κ3) is 2.40. The average Bonchev–Trinajstić information content (AvgIpc) is 3.40. The number of nitrogens with one attached hydrogen (secondary N) is 1. The normalized spacial score (nSPS) is 20.0. The van der Waals surface area contributed by atoms with Crippen LogP contribution in [0.15, 0.2) is 30.9 Å². The van der Waals surface area contributed by atoms with Gasteiger partial charge >= 0.3 is 0 Å². The molecule has 0 aromatic carbocycles. The molecule has 1 fully saturated rings. The number of rotatable bonds is 3. The van der Waals surface area contributed by atoms with Gasteiger partial charge in [-0.05, 0) is 37.7 Å². The Morgan fingerprint density at radius 3 is 2.96 bits per heavy atom. The van der Waals surface area contributed by atoms with Crippen LogP contribution in [0.2, 0.25) is 0 Å². The Morgan fingerprint density at radius 2 is 2.12 bits per heavy atom. The molecule has 5 rings (SSSR count). The highest BCUT2D eigenvalue weighted by Gasteiger charge is 2.30. The predicted octanol–water partition coefficient (Wildman–Crippen LogP) is 2.39. The van der Waals surface area contributed by atoms with Crippen LogP contribution in [0.1, 0.15) is 42.4 Å². The first-order chi connectivity index (χ1) is 12.8. The third-order valence-electron chi connectivity index (χ3n) is 5.19. The molecule has 8 heteroatoms. The molecule has 4 aromatic heterocycles. The highest BCUT2D eigenvalue weighted by atomic mass is 15.3. The molecular formula is C18H16N8. The fraction of sp³-hybridized carbons (Fsp3) is 0.333. The van der Waals surface area contributed by atoms with Gasteiger partial charge < -0.3 is 4.98 Å². The van der Waals surface area contributed by atoms with Crippen LogP contribution in [0, 0.1) is 17.2 Å². The van der Waals surface area contributed by atoms with Gasteiger partial charge in [0.05, 0.1) is 23.6 Å². The van der Waals surface area contributed by atoms with E-state index in [1.165, 1.54) is 0 Å². The number of H-pyrrole nitrogens is 1. The minimum absolute atomic E-state index is 0.358. The summed E-state index contributed by atoms with van der Waals surface area (Å²) >= 11 is 0. The van der Waals surface area contributed by atoms with E-state index in [9.17, 15) is 0 Å². The lowest BCUT2D eigenvalue weighted by Gasteiger charge is -2.10. The van der Waals surface area contributed by atoms with Crippen LogP contribution >= 0.6 is 0 Å². The van der Waals surface area contributed by atoms with E-state index in [1.54, 1.807) is 18.6 Å². The van der Waals surface area contributed by atoms with E-state index in [0.29, 0.717) is 17.5 Å². The summed E-state index contributed by atoms with van der Waals surface area (Å²) in [6.07, 6.45) is 11.1. The second kappa shape index (κ2) is 5.88. The zero-order chi connectivity index (χ0) is 17.5. The molecule has 128 valence electrons. The van der Waals surface area contributed by atoms with Crippen LogP contribution in [-0.4, -0.2) is 34.5 Å². The molecule has 1 saturated carbocycles. The number of hydrogen-bond donors (Lipinski definition) is 1. The fourth-order valence-corrected chi connectivity index (χ4v) is 3.97. The van der Waals surface area contributed by atoms with Gasteiger partial charge in [0.25, 0.3) is 0 Å². The molecule has 2 atom stereocenters.